The van der Waals surface area contributed by atoms with Gasteiger partial charge in [-0.25, -0.2) is 8.42 Å². The zero-order chi connectivity index (χ0) is 14.6. The van der Waals surface area contributed by atoms with E-state index < -0.39 is 9.84 Å². The van der Waals surface area contributed by atoms with E-state index >= 15 is 0 Å². The van der Waals surface area contributed by atoms with Crippen molar-refractivity contribution in [1.82, 2.24) is 0 Å². The molecule has 0 aromatic heterocycles. The predicted octanol–water partition coefficient (Wildman–Crippen LogP) is 3.90. The van der Waals surface area contributed by atoms with Crippen LogP contribution in [0.25, 0.3) is 0 Å². The van der Waals surface area contributed by atoms with E-state index in [1.807, 2.05) is 0 Å². The molecule has 3 nitrogen and oxygen atoms in total. The lowest BCUT2D eigenvalue weighted by Gasteiger charge is -2.16. The van der Waals surface area contributed by atoms with Gasteiger partial charge in [0.15, 0.2) is 5.78 Å². The van der Waals surface area contributed by atoms with E-state index in [-0.39, 0.29) is 15.6 Å². The van der Waals surface area contributed by atoms with Crippen molar-refractivity contribution in [2.24, 2.45) is 0 Å². The van der Waals surface area contributed by atoms with Crippen molar-refractivity contribution in [1.29, 1.82) is 0 Å². The van der Waals surface area contributed by atoms with Crippen LogP contribution in [-0.2, 0) is 9.84 Å². The van der Waals surface area contributed by atoms with Gasteiger partial charge in [-0.05, 0) is 25.0 Å². The third-order valence-corrected chi connectivity index (χ3v) is 5.55. The third-order valence-electron chi connectivity index (χ3n) is 3.61. The van der Waals surface area contributed by atoms with Crippen molar-refractivity contribution in [3.8, 4) is 0 Å². The molecule has 0 N–H and O–H groups in total. The van der Waals surface area contributed by atoms with Crippen molar-refractivity contribution >= 4 is 15.6 Å². The summed E-state index contributed by atoms with van der Waals surface area (Å²) in [6.45, 7) is 2.14. The van der Waals surface area contributed by atoms with E-state index in [0.717, 1.165) is 25.7 Å². The molecule has 1 heterocycles. The molecule has 0 aliphatic carbocycles. The maximum absolute atomic E-state index is 12.4. The van der Waals surface area contributed by atoms with Crippen LogP contribution < -0.4 is 0 Å². The van der Waals surface area contributed by atoms with Gasteiger partial charge in [0, 0.05) is 11.6 Å². The minimum atomic E-state index is -3.47. The van der Waals surface area contributed by atoms with Crippen LogP contribution in [0, 0.1) is 0 Å². The topological polar surface area (TPSA) is 51.2 Å². The Morgan fingerprint density at radius 2 is 1.70 bits per heavy atom. The molecule has 20 heavy (non-hydrogen) atoms. The van der Waals surface area contributed by atoms with Gasteiger partial charge in [-0.3, -0.25) is 4.79 Å². The molecule has 1 aromatic carbocycles. The molecule has 0 unspecified atom stereocenters. The van der Waals surface area contributed by atoms with Crippen LogP contribution in [0.1, 0.15) is 55.8 Å². The molecule has 0 saturated heterocycles. The zero-order valence-corrected chi connectivity index (χ0v) is 12.6. The maximum Gasteiger partial charge on any atom is 0.203 e. The summed E-state index contributed by atoms with van der Waals surface area (Å²) in [5.74, 6) is -0.195. The van der Waals surface area contributed by atoms with Gasteiger partial charge in [0.05, 0.1) is 9.80 Å². The second-order valence-corrected chi connectivity index (χ2v) is 7.11. The summed E-state index contributed by atoms with van der Waals surface area (Å²) in [6.07, 6.45) is 7.05. The number of sulfone groups is 1. The molecule has 0 radical (unpaired) electrons. The summed E-state index contributed by atoms with van der Waals surface area (Å²) < 4.78 is 24.9. The average Bonchev–Trinajstić information content (AvgIpc) is 2.44. The van der Waals surface area contributed by atoms with E-state index in [2.05, 4.69) is 6.92 Å². The smallest absolute Gasteiger partial charge is 0.203 e. The summed E-state index contributed by atoms with van der Waals surface area (Å²) >= 11 is 0. The highest BCUT2D eigenvalue weighted by molar-refractivity contribution is 7.95. The van der Waals surface area contributed by atoms with Gasteiger partial charge in [-0.15, -0.1) is 0 Å². The quantitative estimate of drug-likeness (QED) is 0.747. The minimum absolute atomic E-state index is 0.163. The molecule has 0 fully saturated rings. The number of ketones is 1. The number of hydrogen-bond donors (Lipinski definition) is 0. The minimum Gasteiger partial charge on any atom is -0.289 e. The van der Waals surface area contributed by atoms with Gasteiger partial charge in [0.25, 0.3) is 0 Å². The Kier molecular flexibility index (Phi) is 4.76. The van der Waals surface area contributed by atoms with Crippen molar-refractivity contribution in [3.63, 3.8) is 0 Å². The second-order valence-electron chi connectivity index (χ2n) is 5.14. The molecule has 0 saturated carbocycles. The largest absolute Gasteiger partial charge is 0.289 e. The van der Waals surface area contributed by atoms with Crippen LogP contribution in [0.3, 0.4) is 0 Å². The summed E-state index contributed by atoms with van der Waals surface area (Å²) in [5.41, 5.74) is 0.294. The fourth-order valence-electron chi connectivity index (χ4n) is 2.46. The number of carbonyl (C=O) groups excluding carboxylic acids is 1. The number of allylic oxidation sites excluding steroid dienone is 2. The van der Waals surface area contributed by atoms with Gasteiger partial charge in [0.2, 0.25) is 9.84 Å². The lowest BCUT2D eigenvalue weighted by Crippen LogP contribution is -2.17. The first-order valence-electron chi connectivity index (χ1n) is 7.16. The standard InChI is InChI=1S/C16H20O3S/c1-2-3-4-5-6-9-13-12-15(17)14-10-7-8-11-16(14)20(13,18)19/h7-8,10-12H,2-6,9H2,1H3. The molecular weight excluding hydrogens is 272 g/mol. The second kappa shape index (κ2) is 6.35. The van der Waals surface area contributed by atoms with Crippen molar-refractivity contribution < 1.29 is 13.2 Å². The van der Waals surface area contributed by atoms with Crippen LogP contribution in [0.5, 0.6) is 0 Å². The molecule has 0 atom stereocenters. The van der Waals surface area contributed by atoms with Crippen LogP contribution in [-0.4, -0.2) is 14.2 Å². The Hall–Kier alpha value is -1.42. The first-order chi connectivity index (χ1) is 9.57. The van der Waals surface area contributed by atoms with Crippen LogP contribution in [0.4, 0.5) is 0 Å². The lowest BCUT2D eigenvalue weighted by atomic mass is 10.1. The van der Waals surface area contributed by atoms with E-state index in [9.17, 15) is 13.2 Å². The van der Waals surface area contributed by atoms with Gasteiger partial charge in [-0.2, -0.15) is 0 Å². The SMILES string of the molecule is CCCCCCCC1=CC(=O)c2ccccc2S1(=O)=O. The molecule has 0 spiro atoms. The lowest BCUT2D eigenvalue weighted by molar-refractivity contribution is 0.104. The van der Waals surface area contributed by atoms with Crippen molar-refractivity contribution in [2.75, 3.05) is 0 Å². The molecule has 0 bridgehead atoms. The first kappa shape index (κ1) is 15.0. The summed E-state index contributed by atoms with van der Waals surface area (Å²) in [7, 11) is -3.47. The van der Waals surface area contributed by atoms with Gasteiger partial charge in [-0.1, -0.05) is 44.7 Å². The number of unbranched alkanes of at least 4 members (excludes halogenated alkanes) is 4. The Morgan fingerprint density at radius 3 is 2.45 bits per heavy atom. The normalized spacial score (nSPS) is 16.6. The Morgan fingerprint density at radius 1 is 1.00 bits per heavy atom. The summed E-state index contributed by atoms with van der Waals surface area (Å²) in [6, 6.07) is 6.44. The number of benzene rings is 1. The van der Waals surface area contributed by atoms with Crippen LogP contribution in [0.2, 0.25) is 0 Å². The zero-order valence-electron chi connectivity index (χ0n) is 11.8. The molecule has 1 aliphatic rings. The Balaban J connectivity index is 2.14. The number of fused-ring (bicyclic) bond motifs is 1. The number of carbonyl (C=O) groups is 1. The predicted molar refractivity (Wildman–Crippen MR) is 79.4 cm³/mol. The van der Waals surface area contributed by atoms with E-state index in [0.29, 0.717) is 12.0 Å². The highest BCUT2D eigenvalue weighted by Crippen LogP contribution is 2.31. The Labute approximate surface area is 120 Å². The molecule has 1 aromatic rings. The summed E-state index contributed by atoms with van der Waals surface area (Å²) in [5, 5.41) is 0. The molecule has 0 amide bonds. The highest BCUT2D eigenvalue weighted by atomic mass is 32.2. The van der Waals surface area contributed by atoms with Gasteiger partial charge in [0.1, 0.15) is 0 Å². The molecule has 4 heteroatoms. The fourth-order valence-corrected chi connectivity index (χ4v) is 4.13. The highest BCUT2D eigenvalue weighted by Gasteiger charge is 2.30. The first-order valence-corrected chi connectivity index (χ1v) is 8.64. The molecule has 2 rings (SSSR count). The van der Waals surface area contributed by atoms with Gasteiger partial charge < -0.3 is 0 Å². The third kappa shape index (κ3) is 3.01. The van der Waals surface area contributed by atoms with Crippen molar-refractivity contribution in [3.05, 3.63) is 40.8 Å². The average molecular weight is 292 g/mol. The molecular formula is C16H20O3S. The van der Waals surface area contributed by atoms with Crippen LogP contribution in [0.15, 0.2) is 40.1 Å². The molecule has 1 aliphatic heterocycles. The van der Waals surface area contributed by atoms with Gasteiger partial charge >= 0.3 is 0 Å². The van der Waals surface area contributed by atoms with E-state index in [4.69, 9.17) is 0 Å². The maximum atomic E-state index is 12.4. The van der Waals surface area contributed by atoms with Crippen LogP contribution >= 0.6 is 0 Å². The monoisotopic (exact) mass is 292 g/mol. The van der Waals surface area contributed by atoms with E-state index in [1.54, 1.807) is 18.2 Å². The summed E-state index contributed by atoms with van der Waals surface area (Å²) in [4.78, 5) is 12.4. The Bertz CT molecular complexity index is 627. The number of rotatable bonds is 6. The fraction of sp³-hybridized carbons (Fsp3) is 0.438. The number of hydrogen-bond acceptors (Lipinski definition) is 3. The van der Waals surface area contributed by atoms with E-state index in [1.165, 1.54) is 18.6 Å². The molecule has 108 valence electrons. The van der Waals surface area contributed by atoms with Crippen molar-refractivity contribution in [2.45, 2.75) is 50.3 Å².